The lowest BCUT2D eigenvalue weighted by atomic mass is 9.93. The van der Waals surface area contributed by atoms with Crippen molar-refractivity contribution in [2.75, 3.05) is 39.8 Å². The molecule has 0 aromatic rings. The van der Waals surface area contributed by atoms with E-state index < -0.39 is 0 Å². The summed E-state index contributed by atoms with van der Waals surface area (Å²) in [6, 6.07) is 0.502. The fourth-order valence-corrected chi connectivity index (χ4v) is 4.28. The van der Waals surface area contributed by atoms with Crippen molar-refractivity contribution < 1.29 is 9.59 Å². The Morgan fingerprint density at radius 1 is 1.00 bits per heavy atom. The molecule has 2 heterocycles. The highest BCUT2D eigenvalue weighted by molar-refractivity contribution is 5.79. The number of nitrogens with zero attached hydrogens (tertiary/aromatic N) is 3. The number of piperazine rings is 1. The van der Waals surface area contributed by atoms with E-state index >= 15 is 0 Å². The van der Waals surface area contributed by atoms with Gasteiger partial charge in [-0.05, 0) is 25.2 Å². The maximum absolute atomic E-state index is 12.5. The van der Waals surface area contributed by atoms with Crippen LogP contribution in [0.25, 0.3) is 0 Å². The Labute approximate surface area is 133 Å². The molecule has 5 heteroatoms. The van der Waals surface area contributed by atoms with Gasteiger partial charge in [-0.2, -0.15) is 0 Å². The zero-order valence-corrected chi connectivity index (χ0v) is 13.8. The second kappa shape index (κ2) is 6.99. The third-order valence-corrected chi connectivity index (χ3v) is 5.59. The summed E-state index contributed by atoms with van der Waals surface area (Å²) in [5, 5.41) is 0. The van der Waals surface area contributed by atoms with Crippen molar-refractivity contribution in [2.45, 2.75) is 51.0 Å². The normalized spacial score (nSPS) is 29.2. The highest BCUT2D eigenvalue weighted by Crippen LogP contribution is 2.25. The summed E-state index contributed by atoms with van der Waals surface area (Å²) in [7, 11) is 1.89. The second-order valence-electron chi connectivity index (χ2n) is 7.29. The van der Waals surface area contributed by atoms with Crippen molar-refractivity contribution in [1.82, 2.24) is 14.7 Å². The second-order valence-corrected chi connectivity index (χ2v) is 7.29. The molecule has 0 N–H and O–H groups in total. The van der Waals surface area contributed by atoms with Gasteiger partial charge in [0.25, 0.3) is 0 Å². The molecule has 0 bridgehead atoms. The Bertz CT molecular complexity index is 420. The van der Waals surface area contributed by atoms with Crippen LogP contribution in [0.4, 0.5) is 0 Å². The number of amides is 2. The fourth-order valence-electron chi connectivity index (χ4n) is 4.28. The Kier molecular flexibility index (Phi) is 5.01. The van der Waals surface area contributed by atoms with E-state index in [9.17, 15) is 9.59 Å². The molecule has 1 aliphatic carbocycles. The van der Waals surface area contributed by atoms with Gasteiger partial charge in [-0.15, -0.1) is 0 Å². The van der Waals surface area contributed by atoms with E-state index in [1.807, 2.05) is 11.9 Å². The van der Waals surface area contributed by atoms with Crippen molar-refractivity contribution in [3.63, 3.8) is 0 Å². The largest absolute Gasteiger partial charge is 0.345 e. The summed E-state index contributed by atoms with van der Waals surface area (Å²) in [5.74, 6) is 1.10. The molecule has 3 fully saturated rings. The number of carbonyl (C=O) groups excluding carboxylic acids is 2. The molecule has 0 spiro atoms. The van der Waals surface area contributed by atoms with Crippen LogP contribution in [0.5, 0.6) is 0 Å². The minimum absolute atomic E-state index is 0.259. The molecule has 1 saturated carbocycles. The van der Waals surface area contributed by atoms with Crippen LogP contribution in [0.3, 0.4) is 0 Å². The predicted octanol–water partition coefficient (Wildman–Crippen LogP) is 1.33. The molecule has 3 rings (SSSR count). The Hall–Kier alpha value is -1.10. The van der Waals surface area contributed by atoms with E-state index in [1.54, 1.807) is 0 Å². The first-order valence-electron chi connectivity index (χ1n) is 8.89. The van der Waals surface area contributed by atoms with Gasteiger partial charge in [-0.1, -0.05) is 19.3 Å². The van der Waals surface area contributed by atoms with Crippen molar-refractivity contribution in [2.24, 2.45) is 5.92 Å². The van der Waals surface area contributed by atoms with Gasteiger partial charge >= 0.3 is 0 Å². The number of rotatable bonds is 3. The average molecular weight is 307 g/mol. The van der Waals surface area contributed by atoms with Gasteiger partial charge in [-0.25, -0.2) is 0 Å². The molecule has 1 unspecified atom stereocenters. The molecule has 1 atom stereocenters. The lowest BCUT2D eigenvalue weighted by molar-refractivity contribution is -0.140. The smallest absolute Gasteiger partial charge is 0.237 e. The van der Waals surface area contributed by atoms with Crippen LogP contribution in [0.2, 0.25) is 0 Å². The third-order valence-electron chi connectivity index (χ3n) is 5.59. The van der Waals surface area contributed by atoms with Gasteiger partial charge in [0.1, 0.15) is 0 Å². The quantitative estimate of drug-likeness (QED) is 0.790. The highest BCUT2D eigenvalue weighted by Gasteiger charge is 2.32. The average Bonchev–Trinajstić information content (AvgIpc) is 2.52. The van der Waals surface area contributed by atoms with Crippen molar-refractivity contribution in [3.05, 3.63) is 0 Å². The molecule has 2 aliphatic heterocycles. The summed E-state index contributed by atoms with van der Waals surface area (Å²) >= 11 is 0. The Morgan fingerprint density at radius 2 is 1.77 bits per heavy atom. The molecule has 0 aromatic carbocycles. The van der Waals surface area contributed by atoms with E-state index in [1.165, 1.54) is 32.1 Å². The van der Waals surface area contributed by atoms with Gasteiger partial charge in [0.05, 0.1) is 6.54 Å². The molecule has 5 nitrogen and oxygen atoms in total. The molecule has 124 valence electrons. The Morgan fingerprint density at radius 3 is 2.45 bits per heavy atom. The number of hydrogen-bond donors (Lipinski definition) is 0. The predicted molar refractivity (Wildman–Crippen MR) is 85.4 cm³/mol. The van der Waals surface area contributed by atoms with Gasteiger partial charge in [0.15, 0.2) is 0 Å². The number of hydrogen-bond acceptors (Lipinski definition) is 3. The first kappa shape index (κ1) is 15.8. The van der Waals surface area contributed by atoms with E-state index in [4.69, 9.17) is 0 Å². The summed E-state index contributed by atoms with van der Waals surface area (Å²) < 4.78 is 0. The minimum atomic E-state index is 0.259. The van der Waals surface area contributed by atoms with Crippen molar-refractivity contribution >= 4 is 11.8 Å². The highest BCUT2D eigenvalue weighted by atomic mass is 16.2. The van der Waals surface area contributed by atoms with E-state index in [0.29, 0.717) is 30.8 Å². The standard InChI is InChI=1S/C17H29N3O2/c1-18-11-14(7-8-16(18)21)12-19-9-10-20(17(22)13-19)15-5-3-2-4-6-15/h14-15H,2-13H2,1H3. The third kappa shape index (κ3) is 3.62. The molecule has 22 heavy (non-hydrogen) atoms. The topological polar surface area (TPSA) is 43.9 Å². The zero-order valence-electron chi connectivity index (χ0n) is 13.8. The van der Waals surface area contributed by atoms with Crippen LogP contribution in [-0.4, -0.2) is 72.3 Å². The molecular formula is C17H29N3O2. The monoisotopic (exact) mass is 307 g/mol. The number of carbonyl (C=O) groups is 2. The molecule has 0 radical (unpaired) electrons. The van der Waals surface area contributed by atoms with Crippen LogP contribution in [0.1, 0.15) is 44.9 Å². The Balaban J connectivity index is 1.48. The summed E-state index contributed by atoms with van der Waals surface area (Å²) in [5.41, 5.74) is 0. The first-order chi connectivity index (χ1) is 10.6. The molecule has 0 aromatic heterocycles. The van der Waals surface area contributed by atoms with Gasteiger partial charge in [0.2, 0.25) is 11.8 Å². The van der Waals surface area contributed by atoms with Crippen molar-refractivity contribution in [1.29, 1.82) is 0 Å². The summed E-state index contributed by atoms with van der Waals surface area (Å²) in [4.78, 5) is 30.3. The minimum Gasteiger partial charge on any atom is -0.345 e. The molecule has 3 aliphatic rings. The van der Waals surface area contributed by atoms with Gasteiger partial charge in [-0.3, -0.25) is 14.5 Å². The number of piperidine rings is 1. The van der Waals surface area contributed by atoms with Crippen LogP contribution in [0.15, 0.2) is 0 Å². The van der Waals surface area contributed by atoms with Crippen LogP contribution < -0.4 is 0 Å². The molecule has 2 saturated heterocycles. The SMILES string of the molecule is CN1CC(CN2CCN(C3CCCCC3)C(=O)C2)CCC1=O. The summed E-state index contributed by atoms with van der Waals surface area (Å²) in [6.07, 6.45) is 7.92. The lowest BCUT2D eigenvalue weighted by Gasteiger charge is -2.42. The fraction of sp³-hybridized carbons (Fsp3) is 0.882. The first-order valence-corrected chi connectivity index (χ1v) is 8.89. The van der Waals surface area contributed by atoms with E-state index in [0.717, 1.165) is 32.6 Å². The molecular weight excluding hydrogens is 278 g/mol. The maximum Gasteiger partial charge on any atom is 0.237 e. The van der Waals surface area contributed by atoms with E-state index in [-0.39, 0.29) is 5.91 Å². The lowest BCUT2D eigenvalue weighted by Crippen LogP contribution is -2.55. The van der Waals surface area contributed by atoms with Crippen LogP contribution in [0, 0.1) is 5.92 Å². The van der Waals surface area contributed by atoms with Gasteiger partial charge in [0, 0.05) is 45.7 Å². The van der Waals surface area contributed by atoms with Crippen LogP contribution in [-0.2, 0) is 9.59 Å². The zero-order chi connectivity index (χ0) is 15.5. The summed E-state index contributed by atoms with van der Waals surface area (Å²) in [6.45, 7) is 4.27. The van der Waals surface area contributed by atoms with Gasteiger partial charge < -0.3 is 9.80 Å². The van der Waals surface area contributed by atoms with E-state index in [2.05, 4.69) is 9.80 Å². The maximum atomic E-state index is 12.5. The van der Waals surface area contributed by atoms with Crippen LogP contribution >= 0.6 is 0 Å². The molecule has 2 amide bonds. The number of likely N-dealkylation sites (tertiary alicyclic amines) is 1. The van der Waals surface area contributed by atoms with Crippen molar-refractivity contribution in [3.8, 4) is 0 Å².